The van der Waals surface area contributed by atoms with E-state index in [1.807, 2.05) is 18.2 Å². The van der Waals surface area contributed by atoms with Crippen LogP contribution in [0.25, 0.3) is 0 Å². The second-order valence-corrected chi connectivity index (χ2v) is 4.68. The first kappa shape index (κ1) is 9.50. The van der Waals surface area contributed by atoms with Crippen molar-refractivity contribution >= 4 is 27.5 Å². The van der Waals surface area contributed by atoms with Crippen molar-refractivity contribution in [1.29, 1.82) is 0 Å². The number of rotatable bonds is 2. The Morgan fingerprint density at radius 1 is 1.46 bits per heavy atom. The summed E-state index contributed by atoms with van der Waals surface area (Å²) in [6, 6.07) is 5.59. The molecule has 3 heteroatoms. The van der Waals surface area contributed by atoms with E-state index in [0.29, 0.717) is 10.9 Å². The van der Waals surface area contributed by atoms with Gasteiger partial charge < -0.3 is 5.11 Å². The molecule has 1 aliphatic carbocycles. The molecule has 1 atom stereocenters. The Balaban J connectivity index is 2.36. The van der Waals surface area contributed by atoms with Crippen molar-refractivity contribution < 1.29 is 5.11 Å². The van der Waals surface area contributed by atoms with Crippen LogP contribution in [0.15, 0.2) is 22.7 Å². The van der Waals surface area contributed by atoms with Gasteiger partial charge in [-0.3, -0.25) is 0 Å². The van der Waals surface area contributed by atoms with Gasteiger partial charge in [-0.25, -0.2) is 0 Å². The largest absolute Gasteiger partial charge is 0.388 e. The summed E-state index contributed by atoms with van der Waals surface area (Å²) in [6.45, 7) is 0. The van der Waals surface area contributed by atoms with Crippen molar-refractivity contribution in [3.8, 4) is 0 Å². The molecule has 2 rings (SSSR count). The lowest BCUT2D eigenvalue weighted by Gasteiger charge is -2.13. The maximum atomic E-state index is 9.91. The smallest absolute Gasteiger partial charge is 0.0843 e. The molecule has 1 aromatic rings. The maximum absolute atomic E-state index is 9.91. The molecule has 0 amide bonds. The minimum atomic E-state index is -0.400. The van der Waals surface area contributed by atoms with Gasteiger partial charge in [0.1, 0.15) is 0 Å². The summed E-state index contributed by atoms with van der Waals surface area (Å²) in [5, 5.41) is 10.6. The molecule has 1 aromatic carbocycles. The molecule has 1 unspecified atom stereocenters. The fourth-order valence-electron chi connectivity index (χ4n) is 1.44. The molecule has 0 aliphatic heterocycles. The molecular weight excluding hydrogens is 251 g/mol. The fourth-order valence-corrected chi connectivity index (χ4v) is 2.44. The van der Waals surface area contributed by atoms with Crippen LogP contribution >= 0.6 is 27.5 Å². The third-order valence-corrected chi connectivity index (χ3v) is 3.39. The Morgan fingerprint density at radius 3 is 2.69 bits per heavy atom. The van der Waals surface area contributed by atoms with Gasteiger partial charge in [0.2, 0.25) is 0 Å². The highest BCUT2D eigenvalue weighted by atomic mass is 79.9. The highest BCUT2D eigenvalue weighted by Crippen LogP contribution is 2.44. The lowest BCUT2D eigenvalue weighted by atomic mass is 10.1. The molecule has 1 fully saturated rings. The van der Waals surface area contributed by atoms with Gasteiger partial charge in [0, 0.05) is 15.1 Å². The van der Waals surface area contributed by atoms with E-state index in [4.69, 9.17) is 11.6 Å². The van der Waals surface area contributed by atoms with Crippen molar-refractivity contribution in [3.63, 3.8) is 0 Å². The molecule has 0 spiro atoms. The Labute approximate surface area is 90.9 Å². The first-order valence-corrected chi connectivity index (χ1v) is 5.49. The average Bonchev–Trinajstić information content (AvgIpc) is 2.85. The Bertz CT molecular complexity index is 302. The summed E-state index contributed by atoms with van der Waals surface area (Å²) in [6.07, 6.45) is 1.82. The van der Waals surface area contributed by atoms with E-state index < -0.39 is 6.10 Å². The van der Waals surface area contributed by atoms with Crippen LogP contribution in [0.1, 0.15) is 24.5 Å². The molecular formula is C10H10BrClO. The third-order valence-electron chi connectivity index (χ3n) is 2.36. The quantitative estimate of drug-likeness (QED) is 0.863. The molecule has 0 bridgehead atoms. The van der Waals surface area contributed by atoms with Crippen LogP contribution in [0.5, 0.6) is 0 Å². The highest BCUT2D eigenvalue weighted by Gasteiger charge is 2.32. The Kier molecular flexibility index (Phi) is 2.63. The molecule has 0 radical (unpaired) electrons. The van der Waals surface area contributed by atoms with Gasteiger partial charge in [-0.05, 0) is 30.9 Å². The van der Waals surface area contributed by atoms with Gasteiger partial charge in [-0.1, -0.05) is 33.6 Å². The molecule has 13 heavy (non-hydrogen) atoms. The van der Waals surface area contributed by atoms with E-state index in [-0.39, 0.29) is 0 Å². The second-order valence-electron chi connectivity index (χ2n) is 3.42. The highest BCUT2D eigenvalue weighted by molar-refractivity contribution is 9.10. The van der Waals surface area contributed by atoms with Gasteiger partial charge in [-0.2, -0.15) is 0 Å². The number of hydrogen-bond acceptors (Lipinski definition) is 1. The Morgan fingerprint density at radius 2 is 2.15 bits per heavy atom. The van der Waals surface area contributed by atoms with E-state index in [9.17, 15) is 5.11 Å². The number of aliphatic hydroxyl groups excluding tert-OH is 1. The van der Waals surface area contributed by atoms with Crippen molar-refractivity contribution in [2.75, 3.05) is 0 Å². The van der Waals surface area contributed by atoms with E-state index in [1.165, 1.54) is 0 Å². The van der Waals surface area contributed by atoms with Crippen LogP contribution in [-0.4, -0.2) is 5.11 Å². The molecule has 1 saturated carbocycles. The predicted octanol–water partition coefficient (Wildman–Crippen LogP) is 3.55. The summed E-state index contributed by atoms with van der Waals surface area (Å²) in [5.41, 5.74) is 0.840. The molecule has 0 heterocycles. The predicted molar refractivity (Wildman–Crippen MR) is 56.8 cm³/mol. The van der Waals surface area contributed by atoms with E-state index in [0.717, 1.165) is 22.9 Å². The van der Waals surface area contributed by atoms with Crippen LogP contribution in [0, 0.1) is 5.92 Å². The van der Waals surface area contributed by atoms with Crippen molar-refractivity contribution in [3.05, 3.63) is 33.3 Å². The third kappa shape index (κ3) is 1.90. The lowest BCUT2D eigenvalue weighted by Crippen LogP contribution is -2.01. The molecule has 1 N–H and O–H groups in total. The zero-order chi connectivity index (χ0) is 9.42. The van der Waals surface area contributed by atoms with E-state index in [1.54, 1.807) is 0 Å². The topological polar surface area (TPSA) is 20.2 Å². The maximum Gasteiger partial charge on any atom is 0.0843 e. The number of hydrogen-bond donors (Lipinski definition) is 1. The zero-order valence-corrected chi connectivity index (χ0v) is 9.35. The van der Waals surface area contributed by atoms with Crippen LogP contribution in [0.2, 0.25) is 5.02 Å². The van der Waals surface area contributed by atoms with Crippen LogP contribution in [0.4, 0.5) is 0 Å². The normalized spacial score (nSPS) is 18.7. The number of benzene rings is 1. The van der Waals surface area contributed by atoms with Crippen molar-refractivity contribution in [2.24, 2.45) is 5.92 Å². The summed E-state index contributed by atoms with van der Waals surface area (Å²) >= 11 is 9.41. The minimum Gasteiger partial charge on any atom is -0.388 e. The first-order valence-electron chi connectivity index (χ1n) is 4.32. The SMILES string of the molecule is OC(c1c(Cl)cccc1Br)C1CC1. The van der Waals surface area contributed by atoms with Crippen LogP contribution in [-0.2, 0) is 0 Å². The van der Waals surface area contributed by atoms with Crippen molar-refractivity contribution in [2.45, 2.75) is 18.9 Å². The summed E-state index contributed by atoms with van der Waals surface area (Å²) in [7, 11) is 0. The van der Waals surface area contributed by atoms with Crippen LogP contribution in [0.3, 0.4) is 0 Å². The van der Waals surface area contributed by atoms with Gasteiger partial charge in [0.25, 0.3) is 0 Å². The van der Waals surface area contributed by atoms with Gasteiger partial charge >= 0.3 is 0 Å². The number of aliphatic hydroxyl groups is 1. The summed E-state index contributed by atoms with van der Waals surface area (Å²) in [4.78, 5) is 0. The lowest BCUT2D eigenvalue weighted by molar-refractivity contribution is 0.153. The second kappa shape index (κ2) is 3.60. The monoisotopic (exact) mass is 260 g/mol. The molecule has 1 nitrogen and oxygen atoms in total. The number of halogens is 2. The standard InChI is InChI=1S/C10H10BrClO/c11-7-2-1-3-8(12)9(7)10(13)6-4-5-6/h1-3,6,10,13H,4-5H2. The minimum absolute atomic E-state index is 0.400. The zero-order valence-electron chi connectivity index (χ0n) is 7.00. The van der Waals surface area contributed by atoms with Gasteiger partial charge in [0.05, 0.1) is 6.10 Å². The molecule has 0 saturated heterocycles. The van der Waals surface area contributed by atoms with Gasteiger partial charge in [-0.15, -0.1) is 0 Å². The van der Waals surface area contributed by atoms with E-state index >= 15 is 0 Å². The summed E-state index contributed by atoms with van der Waals surface area (Å²) in [5.74, 6) is 0.413. The fraction of sp³-hybridized carbons (Fsp3) is 0.400. The van der Waals surface area contributed by atoms with Crippen molar-refractivity contribution in [1.82, 2.24) is 0 Å². The van der Waals surface area contributed by atoms with Crippen LogP contribution < -0.4 is 0 Å². The molecule has 1 aliphatic rings. The molecule has 0 aromatic heterocycles. The summed E-state index contributed by atoms with van der Waals surface area (Å²) < 4.78 is 0.902. The first-order chi connectivity index (χ1) is 6.20. The Hall–Kier alpha value is -0.0500. The van der Waals surface area contributed by atoms with Gasteiger partial charge in [0.15, 0.2) is 0 Å². The average molecular weight is 262 g/mol. The molecule has 70 valence electrons. The van der Waals surface area contributed by atoms with E-state index in [2.05, 4.69) is 15.9 Å².